The number of benzene rings is 1. The molecule has 3 aromatic rings. The summed E-state index contributed by atoms with van der Waals surface area (Å²) in [4.78, 5) is 31.9. The molecular weight excluding hydrogens is 511 g/mol. The Bertz CT molecular complexity index is 1410. The van der Waals surface area contributed by atoms with Crippen molar-refractivity contribution in [3.05, 3.63) is 59.9 Å². The van der Waals surface area contributed by atoms with Gasteiger partial charge in [0.15, 0.2) is 12.0 Å². The molecule has 0 saturated carbocycles. The zero-order valence-electron chi connectivity index (χ0n) is 19.7. The van der Waals surface area contributed by atoms with E-state index in [1.807, 2.05) is 6.07 Å². The van der Waals surface area contributed by atoms with Gasteiger partial charge in [0, 0.05) is 30.1 Å². The first-order chi connectivity index (χ1) is 17.5. The predicted octanol–water partition coefficient (Wildman–Crippen LogP) is 4.10. The van der Waals surface area contributed by atoms with Crippen molar-refractivity contribution in [1.29, 1.82) is 0 Å². The fourth-order valence-electron chi connectivity index (χ4n) is 4.00. The molecule has 2 aromatic heterocycles. The molecule has 1 aromatic carbocycles. The maximum absolute atomic E-state index is 13.4. The molecule has 1 unspecified atom stereocenters. The van der Waals surface area contributed by atoms with Crippen LogP contribution in [0.15, 0.2) is 48.7 Å². The highest BCUT2D eigenvalue weighted by molar-refractivity contribution is 7.89. The Balaban J connectivity index is 1.73. The number of anilines is 3. The zero-order chi connectivity index (χ0) is 26.7. The van der Waals surface area contributed by atoms with Crippen LogP contribution in [0, 0.1) is 0 Å². The van der Waals surface area contributed by atoms with Crippen LogP contribution < -0.4 is 10.6 Å². The van der Waals surface area contributed by atoms with Gasteiger partial charge in [0.05, 0.1) is 35.8 Å². The predicted molar refractivity (Wildman–Crippen MR) is 132 cm³/mol. The molecule has 0 radical (unpaired) electrons. The van der Waals surface area contributed by atoms with E-state index in [9.17, 15) is 31.2 Å². The maximum Gasteiger partial charge on any atom is 0.269 e. The first-order valence-electron chi connectivity index (χ1n) is 11.3. The molecule has 0 bridgehead atoms. The second-order valence-corrected chi connectivity index (χ2v) is 10.6. The Morgan fingerprint density at radius 2 is 1.89 bits per heavy atom. The van der Waals surface area contributed by atoms with Crippen LogP contribution in [-0.2, 0) is 21.4 Å². The summed E-state index contributed by atoms with van der Waals surface area (Å²) in [5.74, 6) is -1.42. The molecule has 1 amide bonds. The minimum atomic E-state index is -4.19. The number of sulfonamides is 1. The molecule has 0 spiro atoms. The van der Waals surface area contributed by atoms with Crippen LogP contribution in [0.4, 0.5) is 30.4 Å². The van der Waals surface area contributed by atoms with E-state index in [0.29, 0.717) is 22.6 Å². The Labute approximate surface area is 211 Å². The fourth-order valence-corrected chi connectivity index (χ4v) is 5.43. The van der Waals surface area contributed by atoms with E-state index >= 15 is 0 Å². The van der Waals surface area contributed by atoms with Crippen molar-refractivity contribution in [2.45, 2.75) is 32.5 Å². The van der Waals surface area contributed by atoms with Crippen molar-refractivity contribution < 1.29 is 31.2 Å². The van der Waals surface area contributed by atoms with Crippen LogP contribution in [0.3, 0.4) is 0 Å². The standard InChI is InChI=1S/C24H24F3N5O4S/c1-14(33)29-20-11-15(7-9-28-20)22-23(30-16-5-3-2-4-6-16)21-18(31-22)12-32(13-19(21)34)37(35,36)10-8-17(25)24(26)27/h2-7,9,11,17,24,30-31H,8,10,12-13H2,1H3,(H,28,29,33). The molecule has 37 heavy (non-hydrogen) atoms. The van der Waals surface area contributed by atoms with E-state index in [1.165, 1.54) is 13.1 Å². The van der Waals surface area contributed by atoms with Gasteiger partial charge in [0.1, 0.15) is 5.82 Å². The number of amides is 1. The summed E-state index contributed by atoms with van der Waals surface area (Å²) in [6.45, 7) is 0.585. The van der Waals surface area contributed by atoms with E-state index in [2.05, 4.69) is 20.6 Å². The molecule has 4 rings (SSSR count). The Kier molecular flexibility index (Phi) is 7.64. The number of aromatic amines is 1. The lowest BCUT2D eigenvalue weighted by atomic mass is 10.0. The van der Waals surface area contributed by atoms with Gasteiger partial charge < -0.3 is 15.6 Å². The second-order valence-electron chi connectivity index (χ2n) is 8.48. The minimum absolute atomic E-state index is 0.234. The molecule has 3 heterocycles. The molecule has 13 heteroatoms. The molecule has 9 nitrogen and oxygen atoms in total. The van der Waals surface area contributed by atoms with Crippen molar-refractivity contribution in [3.63, 3.8) is 0 Å². The third-order valence-electron chi connectivity index (χ3n) is 5.73. The Morgan fingerprint density at radius 1 is 1.16 bits per heavy atom. The van der Waals surface area contributed by atoms with Crippen molar-refractivity contribution >= 4 is 38.9 Å². The quantitative estimate of drug-likeness (QED) is 0.379. The fraction of sp³-hybridized carbons (Fsp3) is 0.292. The maximum atomic E-state index is 13.4. The number of H-pyrrole nitrogens is 1. The Morgan fingerprint density at radius 3 is 2.57 bits per heavy atom. The van der Waals surface area contributed by atoms with Crippen molar-refractivity contribution in [2.75, 3.05) is 22.9 Å². The van der Waals surface area contributed by atoms with Gasteiger partial charge in [0.2, 0.25) is 15.9 Å². The smallest absolute Gasteiger partial charge is 0.269 e. The van der Waals surface area contributed by atoms with E-state index in [0.717, 1.165) is 4.31 Å². The van der Waals surface area contributed by atoms with Gasteiger partial charge in [-0.2, -0.15) is 4.31 Å². The van der Waals surface area contributed by atoms with Crippen LogP contribution in [0.25, 0.3) is 11.3 Å². The number of nitrogens with one attached hydrogen (secondary N) is 3. The SMILES string of the molecule is CC(=O)Nc1cc(-c2[nH]c3c(c2Nc2ccccc2)C(=O)CN(S(=O)(=O)CCC(F)C(F)F)C3)ccn1. The highest BCUT2D eigenvalue weighted by atomic mass is 32.2. The van der Waals surface area contributed by atoms with Gasteiger partial charge in [-0.15, -0.1) is 0 Å². The van der Waals surface area contributed by atoms with Crippen molar-refractivity contribution in [2.24, 2.45) is 0 Å². The molecular formula is C24H24F3N5O4S. The molecule has 3 N–H and O–H groups in total. The molecule has 0 aliphatic carbocycles. The lowest BCUT2D eigenvalue weighted by Crippen LogP contribution is -2.41. The Hall–Kier alpha value is -3.71. The van der Waals surface area contributed by atoms with Gasteiger partial charge in [-0.05, 0) is 30.7 Å². The third-order valence-corrected chi connectivity index (χ3v) is 7.52. The molecule has 1 atom stereocenters. The number of hydrogen-bond acceptors (Lipinski definition) is 6. The summed E-state index contributed by atoms with van der Waals surface area (Å²) in [6, 6.07) is 12.3. The van der Waals surface area contributed by atoms with E-state index in [4.69, 9.17) is 0 Å². The summed E-state index contributed by atoms with van der Waals surface area (Å²) in [5, 5.41) is 5.80. The number of nitrogens with zero attached hydrogens (tertiary/aromatic N) is 2. The summed E-state index contributed by atoms with van der Waals surface area (Å²) >= 11 is 0. The highest BCUT2D eigenvalue weighted by Crippen LogP contribution is 2.39. The lowest BCUT2D eigenvalue weighted by Gasteiger charge is -2.26. The molecule has 0 fully saturated rings. The first-order valence-corrected chi connectivity index (χ1v) is 12.9. The average Bonchev–Trinajstić information content (AvgIpc) is 3.21. The largest absolute Gasteiger partial charge is 0.355 e. The number of alkyl halides is 3. The van der Waals surface area contributed by atoms with Crippen LogP contribution >= 0.6 is 0 Å². The normalized spacial score (nSPS) is 14.9. The van der Waals surface area contributed by atoms with Crippen molar-refractivity contribution in [1.82, 2.24) is 14.3 Å². The molecule has 1 aliphatic rings. The molecule has 196 valence electrons. The van der Waals surface area contributed by atoms with Crippen LogP contribution in [0.5, 0.6) is 0 Å². The number of hydrogen-bond donors (Lipinski definition) is 3. The number of Topliss-reactive ketones (excluding diaryl/α,β-unsaturated/α-hetero) is 1. The lowest BCUT2D eigenvalue weighted by molar-refractivity contribution is -0.114. The van der Waals surface area contributed by atoms with Gasteiger partial charge in [-0.3, -0.25) is 9.59 Å². The first kappa shape index (κ1) is 26.4. The van der Waals surface area contributed by atoms with E-state index in [-0.39, 0.29) is 29.5 Å². The number of pyridine rings is 1. The van der Waals surface area contributed by atoms with Crippen LogP contribution in [0.2, 0.25) is 0 Å². The zero-order valence-corrected chi connectivity index (χ0v) is 20.5. The number of carbonyl (C=O) groups excluding carboxylic acids is 2. The molecule has 0 saturated heterocycles. The number of rotatable bonds is 9. The number of ketones is 1. The second kappa shape index (κ2) is 10.7. The van der Waals surface area contributed by atoms with Gasteiger partial charge in [-0.1, -0.05) is 18.2 Å². The monoisotopic (exact) mass is 535 g/mol. The van der Waals surface area contributed by atoms with Crippen LogP contribution in [0.1, 0.15) is 29.4 Å². The van der Waals surface area contributed by atoms with Gasteiger partial charge >= 0.3 is 0 Å². The summed E-state index contributed by atoms with van der Waals surface area (Å²) < 4.78 is 64.7. The third kappa shape index (κ3) is 6.00. The number of halogens is 3. The number of para-hydroxylation sites is 1. The number of aromatic nitrogens is 2. The van der Waals surface area contributed by atoms with Gasteiger partial charge in [-0.25, -0.2) is 26.6 Å². The average molecular weight is 536 g/mol. The summed E-state index contributed by atoms with van der Waals surface area (Å²) in [5.41, 5.74) is 2.63. The van der Waals surface area contributed by atoms with Gasteiger partial charge in [0.25, 0.3) is 6.43 Å². The number of carbonyl (C=O) groups is 2. The number of fused-ring (bicyclic) bond motifs is 1. The minimum Gasteiger partial charge on any atom is -0.355 e. The van der Waals surface area contributed by atoms with Crippen LogP contribution in [-0.4, -0.2) is 59.3 Å². The van der Waals surface area contributed by atoms with E-state index < -0.39 is 47.1 Å². The van der Waals surface area contributed by atoms with Crippen molar-refractivity contribution in [3.8, 4) is 11.3 Å². The van der Waals surface area contributed by atoms with E-state index in [1.54, 1.807) is 36.4 Å². The molecule has 1 aliphatic heterocycles. The topological polar surface area (TPSA) is 124 Å². The highest BCUT2D eigenvalue weighted by Gasteiger charge is 2.36. The summed E-state index contributed by atoms with van der Waals surface area (Å²) in [7, 11) is -4.19. The summed E-state index contributed by atoms with van der Waals surface area (Å²) in [6.07, 6.45) is -5.27.